The van der Waals surface area contributed by atoms with Gasteiger partial charge in [0.1, 0.15) is 12.1 Å². The second-order valence-electron chi connectivity index (χ2n) is 6.67. The maximum absolute atomic E-state index is 12.9. The van der Waals surface area contributed by atoms with Crippen molar-refractivity contribution in [3.8, 4) is 0 Å². The molecule has 2 heterocycles. The topological polar surface area (TPSA) is 73.5 Å². The summed E-state index contributed by atoms with van der Waals surface area (Å²) in [5.41, 5.74) is 2.27. The minimum absolute atomic E-state index is 0.0478. The molecule has 128 valence electrons. The van der Waals surface area contributed by atoms with Crippen molar-refractivity contribution in [2.75, 3.05) is 18.5 Å². The molecule has 2 amide bonds. The van der Waals surface area contributed by atoms with Crippen molar-refractivity contribution in [3.05, 3.63) is 63.6 Å². The Morgan fingerprint density at radius 2 is 1.84 bits per heavy atom. The number of aromatic amines is 1. The zero-order chi connectivity index (χ0) is 17.6. The number of nitrogens with zero attached hydrogens (tertiary/aromatic N) is 2. The van der Waals surface area contributed by atoms with Gasteiger partial charge in [0, 0.05) is 25.0 Å². The van der Waals surface area contributed by atoms with E-state index in [9.17, 15) is 14.4 Å². The molecule has 2 aliphatic rings. The molecule has 1 saturated carbocycles. The molecule has 0 bridgehead atoms. The molecule has 6 heteroatoms. The average molecular weight is 337 g/mol. The molecule has 1 aromatic carbocycles. The first-order valence-electron chi connectivity index (χ1n) is 8.41. The van der Waals surface area contributed by atoms with Crippen molar-refractivity contribution in [1.82, 2.24) is 9.88 Å². The van der Waals surface area contributed by atoms with Crippen LogP contribution in [0.1, 0.15) is 40.4 Å². The standard InChI is InChI=1S/C19H19N3O3/c1-21-16-5-3-2-4-13(16)10-22(11-17(21)23)19(25)14-8-9-15(12-6-7-12)20-18(14)24/h2-5,8-9,12H,6-7,10-11H2,1H3,(H,20,24). The summed E-state index contributed by atoms with van der Waals surface area (Å²) in [5, 5.41) is 0. The average Bonchev–Trinajstić information content (AvgIpc) is 3.45. The van der Waals surface area contributed by atoms with Gasteiger partial charge in [0.25, 0.3) is 11.5 Å². The van der Waals surface area contributed by atoms with E-state index in [2.05, 4.69) is 4.98 Å². The van der Waals surface area contributed by atoms with Gasteiger partial charge in [-0.1, -0.05) is 18.2 Å². The summed E-state index contributed by atoms with van der Waals surface area (Å²) in [7, 11) is 1.70. The van der Waals surface area contributed by atoms with Crippen molar-refractivity contribution in [3.63, 3.8) is 0 Å². The van der Waals surface area contributed by atoms with Crippen LogP contribution >= 0.6 is 0 Å². The molecule has 2 aromatic rings. The molecular weight excluding hydrogens is 318 g/mol. The van der Waals surface area contributed by atoms with Gasteiger partial charge in [-0.05, 0) is 42.5 Å². The Morgan fingerprint density at radius 3 is 2.56 bits per heavy atom. The van der Waals surface area contributed by atoms with E-state index < -0.39 is 5.91 Å². The monoisotopic (exact) mass is 337 g/mol. The molecule has 0 spiro atoms. The third-order valence-corrected chi connectivity index (χ3v) is 4.88. The quantitative estimate of drug-likeness (QED) is 0.909. The fourth-order valence-corrected chi connectivity index (χ4v) is 3.24. The number of pyridine rings is 1. The second-order valence-corrected chi connectivity index (χ2v) is 6.67. The van der Waals surface area contributed by atoms with Crippen molar-refractivity contribution < 1.29 is 9.59 Å². The van der Waals surface area contributed by atoms with Crippen LogP contribution in [0.2, 0.25) is 0 Å². The lowest BCUT2D eigenvalue weighted by atomic mass is 10.1. The number of rotatable bonds is 2. The van der Waals surface area contributed by atoms with E-state index in [1.54, 1.807) is 18.0 Å². The smallest absolute Gasteiger partial charge is 0.261 e. The number of hydrogen-bond donors (Lipinski definition) is 1. The van der Waals surface area contributed by atoms with Crippen LogP contribution < -0.4 is 10.5 Å². The number of para-hydroxylation sites is 1. The Morgan fingerprint density at radius 1 is 1.08 bits per heavy atom. The first-order chi connectivity index (χ1) is 12.0. The summed E-state index contributed by atoms with van der Waals surface area (Å²) in [5.74, 6) is -0.177. The highest BCUT2D eigenvalue weighted by Crippen LogP contribution is 2.38. The maximum atomic E-state index is 12.9. The van der Waals surface area contributed by atoms with Crippen LogP contribution in [0.5, 0.6) is 0 Å². The number of carbonyl (C=O) groups is 2. The molecule has 1 aliphatic heterocycles. The van der Waals surface area contributed by atoms with Crippen molar-refractivity contribution in [1.29, 1.82) is 0 Å². The first kappa shape index (κ1) is 15.6. The summed E-state index contributed by atoms with van der Waals surface area (Å²) in [4.78, 5) is 43.4. The molecule has 4 rings (SSSR count). The van der Waals surface area contributed by atoms with Crippen molar-refractivity contribution >= 4 is 17.5 Å². The predicted octanol–water partition coefficient (Wildman–Crippen LogP) is 1.87. The third kappa shape index (κ3) is 2.84. The van der Waals surface area contributed by atoms with Gasteiger partial charge in [0.05, 0.1) is 0 Å². The Balaban J connectivity index is 1.66. The van der Waals surface area contributed by atoms with Gasteiger partial charge in [0.2, 0.25) is 5.91 Å². The number of nitrogens with one attached hydrogen (secondary N) is 1. The molecule has 25 heavy (non-hydrogen) atoms. The van der Waals surface area contributed by atoms with Gasteiger partial charge in [-0.2, -0.15) is 0 Å². The Kier molecular flexibility index (Phi) is 3.67. The van der Waals surface area contributed by atoms with E-state index >= 15 is 0 Å². The number of fused-ring (bicyclic) bond motifs is 1. The van der Waals surface area contributed by atoms with E-state index in [1.165, 1.54) is 4.90 Å². The van der Waals surface area contributed by atoms with E-state index in [0.29, 0.717) is 12.5 Å². The summed E-state index contributed by atoms with van der Waals surface area (Å²) >= 11 is 0. The van der Waals surface area contributed by atoms with Crippen LogP contribution in [0, 0.1) is 0 Å². The lowest BCUT2D eigenvalue weighted by Gasteiger charge is -2.19. The van der Waals surface area contributed by atoms with Gasteiger partial charge >= 0.3 is 0 Å². The Labute approximate surface area is 145 Å². The molecule has 0 radical (unpaired) electrons. The summed E-state index contributed by atoms with van der Waals surface area (Å²) in [6.07, 6.45) is 2.15. The van der Waals surface area contributed by atoms with Crippen molar-refractivity contribution in [2.24, 2.45) is 0 Å². The van der Waals surface area contributed by atoms with Crippen LogP contribution in [0.15, 0.2) is 41.2 Å². The number of hydrogen-bond acceptors (Lipinski definition) is 3. The lowest BCUT2D eigenvalue weighted by molar-refractivity contribution is -0.118. The van der Waals surface area contributed by atoms with Gasteiger partial charge in [-0.3, -0.25) is 14.4 Å². The molecular formula is C19H19N3O3. The fourth-order valence-electron chi connectivity index (χ4n) is 3.24. The summed E-state index contributed by atoms with van der Waals surface area (Å²) in [6.45, 7) is 0.253. The van der Waals surface area contributed by atoms with E-state index in [4.69, 9.17) is 0 Å². The van der Waals surface area contributed by atoms with Crippen LogP contribution in [0.3, 0.4) is 0 Å². The van der Waals surface area contributed by atoms with Gasteiger partial charge in [-0.15, -0.1) is 0 Å². The minimum Gasteiger partial charge on any atom is -0.325 e. The number of amides is 2. The molecule has 1 fully saturated rings. The fraction of sp³-hybridized carbons (Fsp3) is 0.316. The largest absolute Gasteiger partial charge is 0.325 e. The molecule has 0 atom stereocenters. The van der Waals surface area contributed by atoms with Gasteiger partial charge in [0.15, 0.2) is 0 Å². The molecule has 0 unspecified atom stereocenters. The minimum atomic E-state index is -0.415. The number of anilines is 1. The zero-order valence-corrected chi connectivity index (χ0v) is 14.0. The number of likely N-dealkylation sites (N-methyl/N-ethyl adjacent to an activating group) is 1. The predicted molar refractivity (Wildman–Crippen MR) is 93.6 cm³/mol. The van der Waals surface area contributed by atoms with E-state index in [1.807, 2.05) is 30.3 Å². The van der Waals surface area contributed by atoms with Crippen LogP contribution in [0.25, 0.3) is 0 Å². The maximum Gasteiger partial charge on any atom is 0.261 e. The molecule has 1 aliphatic carbocycles. The zero-order valence-electron chi connectivity index (χ0n) is 14.0. The third-order valence-electron chi connectivity index (χ3n) is 4.88. The Hall–Kier alpha value is -2.89. The molecule has 1 N–H and O–H groups in total. The first-order valence-corrected chi connectivity index (χ1v) is 8.41. The highest BCUT2D eigenvalue weighted by Gasteiger charge is 2.29. The van der Waals surface area contributed by atoms with E-state index in [-0.39, 0.29) is 23.6 Å². The van der Waals surface area contributed by atoms with Crippen molar-refractivity contribution in [2.45, 2.75) is 25.3 Å². The molecule has 6 nitrogen and oxygen atoms in total. The number of H-pyrrole nitrogens is 1. The number of aromatic nitrogens is 1. The molecule has 1 aromatic heterocycles. The number of benzene rings is 1. The summed E-state index contributed by atoms with van der Waals surface area (Å²) in [6, 6.07) is 10.9. The highest BCUT2D eigenvalue weighted by atomic mass is 16.2. The normalized spacial score (nSPS) is 17.2. The molecule has 0 saturated heterocycles. The highest BCUT2D eigenvalue weighted by molar-refractivity contribution is 6.01. The van der Waals surface area contributed by atoms with Gasteiger partial charge in [-0.25, -0.2) is 0 Å². The lowest BCUT2D eigenvalue weighted by Crippen LogP contribution is -2.40. The van der Waals surface area contributed by atoms with E-state index in [0.717, 1.165) is 29.8 Å². The van der Waals surface area contributed by atoms with Crippen LogP contribution in [-0.4, -0.2) is 35.3 Å². The van der Waals surface area contributed by atoms with Crippen LogP contribution in [0.4, 0.5) is 5.69 Å². The summed E-state index contributed by atoms with van der Waals surface area (Å²) < 4.78 is 0. The van der Waals surface area contributed by atoms with Crippen LogP contribution in [-0.2, 0) is 11.3 Å². The number of carbonyl (C=O) groups excluding carboxylic acids is 2. The van der Waals surface area contributed by atoms with Gasteiger partial charge < -0.3 is 14.8 Å². The second kappa shape index (κ2) is 5.88. The SMILES string of the molecule is CN1C(=O)CN(C(=O)c2ccc(C3CC3)[nH]c2=O)Cc2ccccc21. The Bertz CT molecular complexity index is 914.